The number of hydrogen-bond donors (Lipinski definition) is 0. The number of fused-ring (bicyclic) bond motifs is 3. The third-order valence-electron chi connectivity index (χ3n) is 2.80. The van der Waals surface area contributed by atoms with E-state index in [-0.39, 0.29) is 6.23 Å². The van der Waals surface area contributed by atoms with E-state index in [9.17, 15) is 4.79 Å². The first-order valence-corrected chi connectivity index (χ1v) is 4.23. The molecule has 3 rings (SSSR count). The van der Waals surface area contributed by atoms with Crippen LogP contribution in [0.3, 0.4) is 0 Å². The molecule has 0 aromatic heterocycles. The summed E-state index contributed by atoms with van der Waals surface area (Å²) in [6.07, 6.45) is 3.73. The zero-order chi connectivity index (χ0) is 7.68. The normalized spacial score (nSPS) is 42.0. The van der Waals surface area contributed by atoms with Crippen molar-refractivity contribution < 1.29 is 9.53 Å². The average Bonchev–Trinajstić information content (AvgIpc) is 2.07. The second-order valence-electron chi connectivity index (χ2n) is 3.40. The van der Waals surface area contributed by atoms with Crippen LogP contribution in [0.4, 0.5) is 0 Å². The van der Waals surface area contributed by atoms with Gasteiger partial charge >= 0.3 is 0 Å². The molecule has 0 saturated carbocycles. The molecule has 3 heteroatoms. The first-order chi connectivity index (χ1) is 5.40. The molecule has 0 aromatic rings. The van der Waals surface area contributed by atoms with Crippen LogP contribution in [-0.2, 0) is 9.53 Å². The van der Waals surface area contributed by atoms with E-state index < -0.39 is 0 Å². The van der Waals surface area contributed by atoms with Gasteiger partial charge in [0.2, 0.25) is 0 Å². The van der Waals surface area contributed by atoms with Gasteiger partial charge < -0.3 is 4.74 Å². The molecule has 1 unspecified atom stereocenters. The van der Waals surface area contributed by atoms with Crippen molar-refractivity contribution in [3.63, 3.8) is 0 Å². The summed E-state index contributed by atoms with van der Waals surface area (Å²) < 4.78 is 4.96. The maximum absolute atomic E-state index is 10.1. The van der Waals surface area contributed by atoms with E-state index >= 15 is 0 Å². The van der Waals surface area contributed by atoms with Crippen molar-refractivity contribution in [2.45, 2.75) is 25.5 Å². The zero-order valence-electron chi connectivity index (χ0n) is 6.53. The lowest BCUT2D eigenvalue weighted by molar-refractivity contribution is -0.155. The lowest BCUT2D eigenvalue weighted by atomic mass is 9.87. The molecule has 3 aliphatic rings. The number of piperidine rings is 3. The summed E-state index contributed by atoms with van der Waals surface area (Å²) in [6.45, 7) is 2.80. The largest absolute Gasteiger partial charge is 0.449 e. The SMILES string of the molecule is O=COC1CC2CCN1CC2. The van der Waals surface area contributed by atoms with Crippen molar-refractivity contribution in [2.75, 3.05) is 13.1 Å². The lowest BCUT2D eigenvalue weighted by Gasteiger charge is -2.43. The number of rotatable bonds is 2. The van der Waals surface area contributed by atoms with Gasteiger partial charge in [0.05, 0.1) is 0 Å². The number of nitrogens with zero attached hydrogens (tertiary/aromatic N) is 1. The minimum Gasteiger partial charge on any atom is -0.449 e. The third-order valence-corrected chi connectivity index (χ3v) is 2.80. The van der Waals surface area contributed by atoms with E-state index in [2.05, 4.69) is 4.90 Å². The molecular weight excluding hydrogens is 142 g/mol. The van der Waals surface area contributed by atoms with Gasteiger partial charge in [-0.25, -0.2) is 0 Å². The van der Waals surface area contributed by atoms with Gasteiger partial charge in [0.25, 0.3) is 6.47 Å². The predicted molar refractivity (Wildman–Crippen MR) is 39.9 cm³/mol. The Morgan fingerprint density at radius 1 is 1.36 bits per heavy atom. The van der Waals surface area contributed by atoms with Crippen LogP contribution in [-0.4, -0.2) is 30.7 Å². The fourth-order valence-corrected chi connectivity index (χ4v) is 2.12. The Bertz CT molecular complexity index is 152. The summed E-state index contributed by atoms with van der Waals surface area (Å²) in [5.41, 5.74) is 0. The van der Waals surface area contributed by atoms with Gasteiger partial charge in [-0.2, -0.15) is 0 Å². The van der Waals surface area contributed by atoms with E-state index in [4.69, 9.17) is 4.74 Å². The Labute approximate surface area is 66.3 Å². The maximum Gasteiger partial charge on any atom is 0.294 e. The van der Waals surface area contributed by atoms with Gasteiger partial charge in [-0.05, 0) is 18.8 Å². The number of hydrogen-bond acceptors (Lipinski definition) is 3. The molecule has 62 valence electrons. The van der Waals surface area contributed by atoms with Gasteiger partial charge in [0.15, 0.2) is 6.23 Å². The Morgan fingerprint density at radius 3 is 2.55 bits per heavy atom. The quantitative estimate of drug-likeness (QED) is 0.547. The third kappa shape index (κ3) is 1.25. The highest BCUT2D eigenvalue weighted by molar-refractivity contribution is 5.37. The maximum atomic E-state index is 10.1. The smallest absolute Gasteiger partial charge is 0.294 e. The highest BCUT2D eigenvalue weighted by Crippen LogP contribution is 2.31. The molecule has 0 aromatic carbocycles. The molecule has 0 aliphatic carbocycles. The summed E-state index contributed by atoms with van der Waals surface area (Å²) >= 11 is 0. The zero-order valence-corrected chi connectivity index (χ0v) is 6.53. The fourth-order valence-electron chi connectivity index (χ4n) is 2.12. The molecule has 0 amide bonds. The van der Waals surface area contributed by atoms with Crippen LogP contribution in [0.1, 0.15) is 19.3 Å². The van der Waals surface area contributed by atoms with Gasteiger partial charge in [-0.3, -0.25) is 9.69 Å². The van der Waals surface area contributed by atoms with Gasteiger partial charge in [0.1, 0.15) is 0 Å². The van der Waals surface area contributed by atoms with Crippen molar-refractivity contribution in [2.24, 2.45) is 5.92 Å². The van der Waals surface area contributed by atoms with Crippen LogP contribution in [0.5, 0.6) is 0 Å². The summed E-state index contributed by atoms with van der Waals surface area (Å²) in [5, 5.41) is 0. The summed E-state index contributed by atoms with van der Waals surface area (Å²) in [4.78, 5) is 12.4. The van der Waals surface area contributed by atoms with E-state index in [0.29, 0.717) is 6.47 Å². The fraction of sp³-hybridized carbons (Fsp3) is 0.875. The molecular formula is C8H13NO2. The van der Waals surface area contributed by atoms with Crippen LogP contribution >= 0.6 is 0 Å². The molecule has 3 fully saturated rings. The van der Waals surface area contributed by atoms with Crippen molar-refractivity contribution in [3.05, 3.63) is 0 Å². The van der Waals surface area contributed by atoms with Crippen LogP contribution < -0.4 is 0 Å². The minimum atomic E-state index is 0.0972. The first-order valence-electron chi connectivity index (χ1n) is 4.23. The van der Waals surface area contributed by atoms with E-state index in [1.54, 1.807) is 0 Å². The Kier molecular flexibility index (Phi) is 1.82. The predicted octanol–water partition coefficient (Wildman–Crippen LogP) is 0.601. The topological polar surface area (TPSA) is 29.5 Å². The minimum absolute atomic E-state index is 0.0972. The van der Waals surface area contributed by atoms with Crippen molar-refractivity contribution in [1.29, 1.82) is 0 Å². The molecule has 0 radical (unpaired) electrons. The van der Waals surface area contributed by atoms with E-state index in [1.807, 2.05) is 0 Å². The number of carbonyl (C=O) groups excluding carboxylic acids is 1. The molecule has 3 heterocycles. The average molecular weight is 155 g/mol. The second-order valence-corrected chi connectivity index (χ2v) is 3.40. The highest BCUT2D eigenvalue weighted by atomic mass is 16.5. The lowest BCUT2D eigenvalue weighted by Crippen LogP contribution is -2.49. The standard InChI is InChI=1S/C8H13NO2/c10-6-11-8-5-7-1-3-9(8)4-2-7/h6-8H,1-5H2. The van der Waals surface area contributed by atoms with Crippen LogP contribution in [0.2, 0.25) is 0 Å². The van der Waals surface area contributed by atoms with Crippen LogP contribution in [0.15, 0.2) is 0 Å². The molecule has 3 nitrogen and oxygen atoms in total. The van der Waals surface area contributed by atoms with Crippen molar-refractivity contribution >= 4 is 6.47 Å². The molecule has 3 aliphatic heterocycles. The molecule has 1 atom stereocenters. The molecule has 0 spiro atoms. The van der Waals surface area contributed by atoms with E-state index in [0.717, 1.165) is 25.4 Å². The monoisotopic (exact) mass is 155 g/mol. The van der Waals surface area contributed by atoms with Crippen LogP contribution in [0, 0.1) is 5.92 Å². The Balaban J connectivity index is 1.97. The van der Waals surface area contributed by atoms with Crippen LogP contribution in [0.25, 0.3) is 0 Å². The Morgan fingerprint density at radius 2 is 2.09 bits per heavy atom. The first kappa shape index (κ1) is 7.10. The Hall–Kier alpha value is -0.570. The second kappa shape index (κ2) is 2.81. The van der Waals surface area contributed by atoms with E-state index in [1.165, 1.54) is 12.8 Å². The number of carbonyl (C=O) groups is 1. The van der Waals surface area contributed by atoms with Gasteiger partial charge in [0, 0.05) is 19.5 Å². The molecule has 11 heavy (non-hydrogen) atoms. The van der Waals surface area contributed by atoms with Crippen molar-refractivity contribution in [1.82, 2.24) is 4.90 Å². The van der Waals surface area contributed by atoms with Gasteiger partial charge in [-0.15, -0.1) is 0 Å². The highest BCUT2D eigenvalue weighted by Gasteiger charge is 2.34. The molecule has 3 saturated heterocycles. The summed E-state index contributed by atoms with van der Waals surface area (Å²) in [6, 6.07) is 0. The van der Waals surface area contributed by atoms with Gasteiger partial charge in [-0.1, -0.05) is 0 Å². The summed E-state index contributed by atoms with van der Waals surface area (Å²) in [5.74, 6) is 0.810. The molecule has 2 bridgehead atoms. The van der Waals surface area contributed by atoms with Crippen molar-refractivity contribution in [3.8, 4) is 0 Å². The molecule has 0 N–H and O–H groups in total. The number of ether oxygens (including phenoxy) is 1. The summed E-state index contributed by atoms with van der Waals surface area (Å²) in [7, 11) is 0.